The Hall–Kier alpha value is -1.10. The average Bonchev–Trinajstić information content (AvgIpc) is 3.06. The van der Waals surface area contributed by atoms with Crippen molar-refractivity contribution in [3.8, 4) is 0 Å². The summed E-state index contributed by atoms with van der Waals surface area (Å²) in [7, 11) is -1.14. The molecule has 1 aliphatic rings. The highest BCUT2D eigenvalue weighted by atomic mass is 79.9. The van der Waals surface area contributed by atoms with Gasteiger partial charge in [-0.2, -0.15) is 5.10 Å². The molecule has 0 unspecified atom stereocenters. The Balaban J connectivity index is 1.75. The Kier molecular flexibility index (Phi) is 5.95. The van der Waals surface area contributed by atoms with Crippen LogP contribution >= 0.6 is 15.9 Å². The number of nitrogens with zero attached hydrogens (tertiary/aromatic N) is 4. The van der Waals surface area contributed by atoms with Crippen LogP contribution in [-0.2, 0) is 11.5 Å². The minimum atomic E-state index is -1.20. The van der Waals surface area contributed by atoms with Gasteiger partial charge in [0.1, 0.15) is 35.8 Å². The van der Waals surface area contributed by atoms with E-state index in [2.05, 4.69) is 56.0 Å². The highest BCUT2D eigenvalue weighted by Crippen LogP contribution is 2.31. The lowest BCUT2D eigenvalue weighted by molar-refractivity contribution is 0.0810. The number of rotatable bonds is 7. The van der Waals surface area contributed by atoms with Crippen molar-refractivity contribution in [3.05, 3.63) is 10.9 Å². The van der Waals surface area contributed by atoms with E-state index in [0.717, 1.165) is 6.04 Å². The van der Waals surface area contributed by atoms with Crippen LogP contribution in [0.2, 0.25) is 25.7 Å². The molecule has 144 valence electrons. The molecule has 0 spiro atoms. The van der Waals surface area contributed by atoms with Crippen molar-refractivity contribution in [1.29, 1.82) is 0 Å². The summed E-state index contributed by atoms with van der Waals surface area (Å²) in [6.45, 7) is 7.92. The number of fused-ring (bicyclic) bond motifs is 1. The monoisotopic (exact) mass is 445 g/mol. The molecule has 10 heteroatoms. The Bertz CT molecular complexity index is 769. The van der Waals surface area contributed by atoms with Gasteiger partial charge in [0.2, 0.25) is 0 Å². The number of aromatic nitrogens is 4. The number of nitrogens with one attached hydrogen (secondary N) is 1. The van der Waals surface area contributed by atoms with E-state index in [-0.39, 0.29) is 6.04 Å². The van der Waals surface area contributed by atoms with Crippen LogP contribution in [0, 0.1) is 0 Å². The summed E-state index contributed by atoms with van der Waals surface area (Å²) in [5, 5.41) is 18.2. The third-order valence-electron chi connectivity index (χ3n) is 4.55. The van der Waals surface area contributed by atoms with Crippen molar-refractivity contribution in [2.45, 2.75) is 63.6 Å². The fourth-order valence-corrected chi connectivity index (χ4v) is 4.27. The quantitative estimate of drug-likeness (QED) is 0.502. The number of halogens is 2. The van der Waals surface area contributed by atoms with Crippen LogP contribution in [0.25, 0.3) is 11.0 Å². The first-order chi connectivity index (χ1) is 12.3. The van der Waals surface area contributed by atoms with Crippen LogP contribution in [0.4, 0.5) is 10.2 Å². The molecule has 2 aromatic rings. The molecule has 26 heavy (non-hydrogen) atoms. The van der Waals surface area contributed by atoms with Gasteiger partial charge in [0.05, 0.1) is 11.4 Å². The molecule has 2 N–H and O–H groups in total. The van der Waals surface area contributed by atoms with Crippen LogP contribution in [0.1, 0.15) is 12.8 Å². The van der Waals surface area contributed by atoms with Crippen molar-refractivity contribution < 1.29 is 14.2 Å². The van der Waals surface area contributed by atoms with Gasteiger partial charge in [-0.05, 0) is 34.8 Å². The third-order valence-corrected chi connectivity index (χ3v) is 6.81. The molecule has 0 amide bonds. The molecule has 3 rings (SSSR count). The number of aliphatic hydroxyl groups is 1. The number of alkyl halides is 1. The first-order valence-electron chi connectivity index (χ1n) is 8.80. The number of anilines is 1. The molecule has 1 aliphatic carbocycles. The zero-order valence-electron chi connectivity index (χ0n) is 15.2. The van der Waals surface area contributed by atoms with Crippen LogP contribution in [0.5, 0.6) is 0 Å². The van der Waals surface area contributed by atoms with E-state index in [9.17, 15) is 9.50 Å². The van der Waals surface area contributed by atoms with Crippen molar-refractivity contribution in [2.24, 2.45) is 0 Å². The van der Waals surface area contributed by atoms with Crippen LogP contribution in [0.15, 0.2) is 10.9 Å². The van der Waals surface area contributed by atoms with Crippen LogP contribution in [0.3, 0.4) is 0 Å². The number of hydrogen-bond donors (Lipinski definition) is 2. The van der Waals surface area contributed by atoms with Gasteiger partial charge in [0, 0.05) is 14.7 Å². The molecular weight excluding hydrogens is 421 g/mol. The fourth-order valence-electron chi connectivity index (χ4n) is 2.96. The number of aliphatic hydroxyl groups excluding tert-OH is 1. The van der Waals surface area contributed by atoms with Gasteiger partial charge in [-0.15, -0.1) is 0 Å². The van der Waals surface area contributed by atoms with Gasteiger partial charge in [-0.25, -0.2) is 19.0 Å². The van der Waals surface area contributed by atoms with Gasteiger partial charge < -0.3 is 15.2 Å². The first kappa shape index (κ1) is 19.7. The maximum Gasteiger partial charge on any atom is 0.166 e. The molecule has 7 nitrogen and oxygen atoms in total. The predicted octanol–water partition coefficient (Wildman–Crippen LogP) is 3.17. The lowest BCUT2D eigenvalue weighted by Crippen LogP contribution is -2.33. The summed E-state index contributed by atoms with van der Waals surface area (Å²) in [6, 6.07) is 0.713. The second-order valence-corrected chi connectivity index (χ2v) is 14.3. The largest absolute Gasteiger partial charge is 0.388 e. The molecule has 1 fully saturated rings. The van der Waals surface area contributed by atoms with Gasteiger partial charge in [-0.1, -0.05) is 19.6 Å². The Morgan fingerprint density at radius 1 is 1.38 bits per heavy atom. The summed E-state index contributed by atoms with van der Waals surface area (Å²) in [5.74, 6) is 0.536. The Morgan fingerprint density at radius 2 is 2.15 bits per heavy atom. The van der Waals surface area contributed by atoms with Gasteiger partial charge >= 0.3 is 0 Å². The van der Waals surface area contributed by atoms with Crippen molar-refractivity contribution >= 4 is 40.9 Å². The zero-order valence-corrected chi connectivity index (χ0v) is 17.8. The smallest absolute Gasteiger partial charge is 0.166 e. The van der Waals surface area contributed by atoms with E-state index in [1.165, 1.54) is 6.33 Å². The Morgan fingerprint density at radius 3 is 2.81 bits per heavy atom. The number of ether oxygens (including phenoxy) is 1. The molecular formula is C16H25BrFN5O2Si. The summed E-state index contributed by atoms with van der Waals surface area (Å²) >= 11 is 3.45. The van der Waals surface area contributed by atoms with Crippen molar-refractivity contribution in [2.75, 3.05) is 11.9 Å². The third kappa shape index (κ3) is 4.41. The summed E-state index contributed by atoms with van der Waals surface area (Å²) < 4.78 is 21.6. The molecule has 1 saturated carbocycles. The lowest BCUT2D eigenvalue weighted by atomic mass is 10.2. The van der Waals surface area contributed by atoms with E-state index in [4.69, 9.17) is 4.74 Å². The maximum absolute atomic E-state index is 13.6. The van der Waals surface area contributed by atoms with Gasteiger partial charge in [0.15, 0.2) is 5.65 Å². The summed E-state index contributed by atoms with van der Waals surface area (Å²) in [6.07, 6.45) is 0.109. The molecule has 0 saturated heterocycles. The van der Waals surface area contributed by atoms with Gasteiger partial charge in [0.25, 0.3) is 0 Å². The predicted molar refractivity (Wildman–Crippen MR) is 105 cm³/mol. The molecule has 2 heterocycles. The molecule has 3 atom stereocenters. The Labute approximate surface area is 161 Å². The highest BCUT2D eigenvalue weighted by Gasteiger charge is 2.35. The summed E-state index contributed by atoms with van der Waals surface area (Å²) in [4.78, 5) is 8.57. The molecule has 0 radical (unpaired) electrons. The molecule has 2 aromatic heterocycles. The topological polar surface area (TPSA) is 85.1 Å². The zero-order chi connectivity index (χ0) is 18.9. The van der Waals surface area contributed by atoms with Crippen molar-refractivity contribution in [1.82, 2.24) is 19.7 Å². The van der Waals surface area contributed by atoms with E-state index >= 15 is 0 Å². The highest BCUT2D eigenvalue weighted by molar-refractivity contribution is 9.10. The van der Waals surface area contributed by atoms with Gasteiger partial charge in [-0.3, -0.25) is 0 Å². The molecule has 0 bridgehead atoms. The van der Waals surface area contributed by atoms with Crippen LogP contribution in [-0.4, -0.2) is 57.9 Å². The van der Waals surface area contributed by atoms with E-state index in [1.54, 1.807) is 4.68 Å². The second-order valence-electron chi connectivity index (χ2n) is 7.89. The molecule has 0 aliphatic heterocycles. The van der Waals surface area contributed by atoms with E-state index in [0.29, 0.717) is 47.6 Å². The van der Waals surface area contributed by atoms with Crippen LogP contribution < -0.4 is 5.32 Å². The standard InChI is InChI=1S/C16H25BrFN5O2Si/c1-26(2,3)7-6-25-9-23-16-12(14(17)22-23)15(19-8-20-16)21-11-5-4-10(18)13(11)24/h8,10-11,13,24H,4-7,9H2,1-3H3,(H,19,20,21)/t10-,11+,13+/m0/s1. The summed E-state index contributed by atoms with van der Waals surface area (Å²) in [5.41, 5.74) is 0.631. The maximum atomic E-state index is 13.6. The van der Waals surface area contributed by atoms with E-state index in [1.807, 2.05) is 0 Å². The fraction of sp³-hybridized carbons (Fsp3) is 0.688. The lowest BCUT2D eigenvalue weighted by Gasteiger charge is -2.18. The van der Waals surface area contributed by atoms with E-state index < -0.39 is 20.3 Å². The van der Waals surface area contributed by atoms with Crippen molar-refractivity contribution in [3.63, 3.8) is 0 Å². The normalized spacial score (nSPS) is 23.7. The number of hydrogen-bond acceptors (Lipinski definition) is 6. The molecule has 0 aromatic carbocycles. The minimum absolute atomic E-state index is 0.307. The first-order valence-corrected chi connectivity index (χ1v) is 13.3. The second kappa shape index (κ2) is 7.87. The average molecular weight is 446 g/mol. The SMILES string of the molecule is C[Si](C)(C)CCOCn1nc(Br)c2c(N[C@@H]3CC[C@H](F)[C@H]3O)ncnc21. The minimum Gasteiger partial charge on any atom is -0.388 e.